The molecule has 0 saturated carbocycles. The fourth-order valence-electron chi connectivity index (χ4n) is 2.65. The summed E-state index contributed by atoms with van der Waals surface area (Å²) in [5.41, 5.74) is 2.49. The summed E-state index contributed by atoms with van der Waals surface area (Å²) in [6.07, 6.45) is 5.55. The van der Waals surface area contributed by atoms with Gasteiger partial charge in [-0.05, 0) is 58.2 Å². The molecule has 1 aliphatic heterocycles. The lowest BCUT2D eigenvalue weighted by molar-refractivity contribution is 0.167. The first kappa shape index (κ1) is 14.2. The fraction of sp³-hybridized carbons (Fsp3) is 0.625. The third kappa shape index (κ3) is 3.03. The van der Waals surface area contributed by atoms with Gasteiger partial charge in [-0.25, -0.2) is 0 Å². The molecule has 0 amide bonds. The molecule has 0 saturated heterocycles. The van der Waals surface area contributed by atoms with Crippen LogP contribution in [0.1, 0.15) is 54.9 Å². The van der Waals surface area contributed by atoms with E-state index in [1.807, 2.05) is 13.8 Å². The molecule has 0 spiro atoms. The molecule has 1 aromatic heterocycles. The quantitative estimate of drug-likeness (QED) is 0.873. The molecule has 0 radical (unpaired) electrons. The summed E-state index contributed by atoms with van der Waals surface area (Å²) in [4.78, 5) is 0. The van der Waals surface area contributed by atoms with Crippen LogP contribution in [0.3, 0.4) is 0 Å². The summed E-state index contributed by atoms with van der Waals surface area (Å²) in [5.74, 6) is 3.07. The molecule has 2 rings (SSSR count). The van der Waals surface area contributed by atoms with Gasteiger partial charge in [-0.15, -0.1) is 0 Å². The van der Waals surface area contributed by atoms with E-state index in [4.69, 9.17) is 9.15 Å². The van der Waals surface area contributed by atoms with Crippen molar-refractivity contribution in [1.82, 2.24) is 5.32 Å². The van der Waals surface area contributed by atoms with Gasteiger partial charge in [0.2, 0.25) is 0 Å². The van der Waals surface area contributed by atoms with E-state index in [9.17, 15) is 0 Å². The van der Waals surface area contributed by atoms with Gasteiger partial charge >= 0.3 is 0 Å². The maximum Gasteiger partial charge on any atom is 0.114 e. The summed E-state index contributed by atoms with van der Waals surface area (Å²) >= 11 is 0. The van der Waals surface area contributed by atoms with Gasteiger partial charge in [-0.2, -0.15) is 0 Å². The molecular formula is C16H25NO2. The zero-order chi connectivity index (χ0) is 13.8. The van der Waals surface area contributed by atoms with Crippen molar-refractivity contribution in [3.05, 3.63) is 34.5 Å². The highest BCUT2D eigenvalue weighted by atomic mass is 16.5. The van der Waals surface area contributed by atoms with E-state index < -0.39 is 0 Å². The second-order valence-corrected chi connectivity index (χ2v) is 5.24. The first-order valence-electron chi connectivity index (χ1n) is 7.27. The Hall–Kier alpha value is -1.22. The number of furan rings is 1. The highest BCUT2D eigenvalue weighted by molar-refractivity contribution is 5.38. The maximum absolute atomic E-state index is 5.87. The van der Waals surface area contributed by atoms with Crippen LogP contribution in [0.5, 0.6) is 0 Å². The first-order valence-corrected chi connectivity index (χ1v) is 7.27. The van der Waals surface area contributed by atoms with Gasteiger partial charge in [0, 0.05) is 5.56 Å². The molecule has 3 heteroatoms. The third-order valence-electron chi connectivity index (χ3n) is 3.75. The lowest BCUT2D eigenvalue weighted by Crippen LogP contribution is -2.27. The van der Waals surface area contributed by atoms with Crippen LogP contribution < -0.4 is 5.32 Å². The monoisotopic (exact) mass is 263 g/mol. The smallest absolute Gasteiger partial charge is 0.114 e. The zero-order valence-corrected chi connectivity index (χ0v) is 12.5. The van der Waals surface area contributed by atoms with Crippen LogP contribution in [0.4, 0.5) is 0 Å². The number of aryl methyl sites for hydroxylation is 2. The van der Waals surface area contributed by atoms with Crippen LogP contribution in [0, 0.1) is 20.8 Å². The zero-order valence-electron chi connectivity index (χ0n) is 12.5. The minimum atomic E-state index is 0.137. The Morgan fingerprint density at radius 2 is 2.05 bits per heavy atom. The summed E-state index contributed by atoms with van der Waals surface area (Å²) in [7, 11) is 0. The van der Waals surface area contributed by atoms with Gasteiger partial charge in [0.15, 0.2) is 0 Å². The maximum atomic E-state index is 5.87. The molecule has 2 heterocycles. The van der Waals surface area contributed by atoms with Crippen LogP contribution in [-0.4, -0.2) is 13.2 Å². The Kier molecular flexibility index (Phi) is 4.70. The van der Waals surface area contributed by atoms with Crippen molar-refractivity contribution in [1.29, 1.82) is 0 Å². The van der Waals surface area contributed by atoms with Gasteiger partial charge in [-0.1, -0.05) is 6.92 Å². The van der Waals surface area contributed by atoms with E-state index in [-0.39, 0.29) is 6.04 Å². The minimum absolute atomic E-state index is 0.137. The van der Waals surface area contributed by atoms with Crippen LogP contribution in [0.15, 0.2) is 16.3 Å². The highest BCUT2D eigenvalue weighted by Crippen LogP contribution is 2.33. The van der Waals surface area contributed by atoms with E-state index >= 15 is 0 Å². The summed E-state index contributed by atoms with van der Waals surface area (Å²) < 4.78 is 11.6. The molecular weight excluding hydrogens is 238 g/mol. The molecule has 1 atom stereocenters. The second-order valence-electron chi connectivity index (χ2n) is 5.24. The number of hydrogen-bond donors (Lipinski definition) is 1. The Balaban J connectivity index is 2.33. The predicted molar refractivity (Wildman–Crippen MR) is 77.2 cm³/mol. The van der Waals surface area contributed by atoms with Crippen molar-refractivity contribution in [3.63, 3.8) is 0 Å². The number of rotatable bonds is 5. The highest BCUT2D eigenvalue weighted by Gasteiger charge is 2.25. The SMILES string of the molecule is CCCNC(C1=CCCCO1)c1c(C)oc(C)c1C. The average Bonchev–Trinajstić information content (AvgIpc) is 2.67. The second kappa shape index (κ2) is 6.29. The molecule has 3 nitrogen and oxygen atoms in total. The van der Waals surface area contributed by atoms with Crippen molar-refractivity contribution < 1.29 is 9.15 Å². The molecule has 1 N–H and O–H groups in total. The van der Waals surface area contributed by atoms with Crippen molar-refractivity contribution in [2.75, 3.05) is 13.2 Å². The van der Waals surface area contributed by atoms with E-state index in [1.165, 1.54) is 11.1 Å². The molecule has 1 aromatic rings. The molecule has 0 aliphatic carbocycles. The van der Waals surface area contributed by atoms with Crippen molar-refractivity contribution in [2.24, 2.45) is 0 Å². The third-order valence-corrected chi connectivity index (χ3v) is 3.75. The number of hydrogen-bond acceptors (Lipinski definition) is 3. The van der Waals surface area contributed by atoms with Crippen LogP contribution in [-0.2, 0) is 4.74 Å². The Morgan fingerprint density at radius 1 is 1.26 bits per heavy atom. The van der Waals surface area contributed by atoms with Gasteiger partial charge in [-0.3, -0.25) is 0 Å². The van der Waals surface area contributed by atoms with Crippen LogP contribution in [0.25, 0.3) is 0 Å². The van der Waals surface area contributed by atoms with Crippen molar-refractivity contribution >= 4 is 0 Å². The average molecular weight is 263 g/mol. The largest absolute Gasteiger partial charge is 0.496 e. The van der Waals surface area contributed by atoms with E-state index in [2.05, 4.69) is 25.2 Å². The molecule has 106 valence electrons. The van der Waals surface area contributed by atoms with E-state index in [1.54, 1.807) is 0 Å². The first-order chi connectivity index (χ1) is 9.15. The van der Waals surface area contributed by atoms with Gasteiger partial charge < -0.3 is 14.5 Å². The Bertz CT molecular complexity index is 460. The molecule has 1 unspecified atom stereocenters. The predicted octanol–water partition coefficient (Wildman–Crippen LogP) is 3.94. The molecule has 0 bridgehead atoms. The lowest BCUT2D eigenvalue weighted by atomic mass is 9.98. The lowest BCUT2D eigenvalue weighted by Gasteiger charge is -2.25. The van der Waals surface area contributed by atoms with Crippen LogP contribution >= 0.6 is 0 Å². The van der Waals surface area contributed by atoms with Gasteiger partial charge in [0.25, 0.3) is 0 Å². The van der Waals surface area contributed by atoms with Crippen molar-refractivity contribution in [2.45, 2.75) is 53.0 Å². The Labute approximate surface area is 116 Å². The normalized spacial score (nSPS) is 16.9. The fourth-order valence-corrected chi connectivity index (χ4v) is 2.65. The van der Waals surface area contributed by atoms with Crippen molar-refractivity contribution in [3.8, 4) is 0 Å². The summed E-state index contributed by atoms with van der Waals surface area (Å²) in [6.45, 7) is 10.2. The standard InChI is InChI=1S/C16H25NO2/c1-5-9-17-16(14-8-6-7-10-18-14)15-11(2)12(3)19-13(15)4/h8,16-17H,5-7,9-10H2,1-4H3. The number of nitrogens with one attached hydrogen (secondary N) is 1. The topological polar surface area (TPSA) is 34.4 Å². The summed E-state index contributed by atoms with van der Waals surface area (Å²) in [6, 6.07) is 0.137. The van der Waals surface area contributed by atoms with Crippen LogP contribution in [0.2, 0.25) is 0 Å². The molecule has 1 aliphatic rings. The number of allylic oxidation sites excluding steroid dienone is 1. The summed E-state index contributed by atoms with van der Waals surface area (Å²) in [5, 5.41) is 3.60. The molecule has 19 heavy (non-hydrogen) atoms. The Morgan fingerprint density at radius 3 is 2.58 bits per heavy atom. The minimum Gasteiger partial charge on any atom is -0.496 e. The van der Waals surface area contributed by atoms with Gasteiger partial charge in [0.1, 0.15) is 17.3 Å². The number of ether oxygens (including phenoxy) is 1. The van der Waals surface area contributed by atoms with E-state index in [0.29, 0.717) is 0 Å². The molecule has 0 fully saturated rings. The molecule has 0 aromatic carbocycles. The van der Waals surface area contributed by atoms with Gasteiger partial charge in [0.05, 0.1) is 12.6 Å². The van der Waals surface area contributed by atoms with E-state index in [0.717, 1.165) is 49.7 Å².